The Morgan fingerprint density at radius 3 is 2.33 bits per heavy atom. The predicted octanol–water partition coefficient (Wildman–Crippen LogP) is 3.86. The molecule has 0 saturated heterocycles. The van der Waals surface area contributed by atoms with Gasteiger partial charge in [-0.3, -0.25) is 4.79 Å². The highest BCUT2D eigenvalue weighted by molar-refractivity contribution is 5.36. The summed E-state index contributed by atoms with van der Waals surface area (Å²) >= 11 is 0. The van der Waals surface area contributed by atoms with E-state index in [0.29, 0.717) is 13.1 Å². The van der Waals surface area contributed by atoms with Crippen molar-refractivity contribution in [1.82, 2.24) is 0 Å². The van der Waals surface area contributed by atoms with Crippen LogP contribution in [0.2, 0.25) is 0 Å². The molecule has 0 aliphatic heterocycles. The first-order valence-electron chi connectivity index (χ1n) is 6.12. The summed E-state index contributed by atoms with van der Waals surface area (Å²) in [6.07, 6.45) is 14.4. The lowest BCUT2D eigenvalue weighted by Crippen LogP contribution is -1.88. The van der Waals surface area contributed by atoms with Crippen LogP contribution >= 0.6 is 0 Å². The third kappa shape index (κ3) is 13.2. The van der Waals surface area contributed by atoms with Crippen molar-refractivity contribution >= 4 is 6.47 Å². The molecule has 0 aliphatic rings. The van der Waals surface area contributed by atoms with E-state index in [1.807, 2.05) is 0 Å². The van der Waals surface area contributed by atoms with Gasteiger partial charge in [-0.2, -0.15) is 0 Å². The van der Waals surface area contributed by atoms with Gasteiger partial charge in [0, 0.05) is 0 Å². The standard InChI is InChI=1S/C13H24O2/c1-2-3-4-5-6-7-8-9-10-11-12-15-13-14/h9-10,13H,2-8,11-12H2,1H3. The highest BCUT2D eigenvalue weighted by atomic mass is 16.5. The molecular formula is C13H24O2. The first-order chi connectivity index (χ1) is 7.41. The van der Waals surface area contributed by atoms with Crippen LogP contribution in [0, 0.1) is 0 Å². The van der Waals surface area contributed by atoms with Crippen LogP contribution in [0.1, 0.15) is 58.3 Å². The molecule has 0 aromatic carbocycles. The lowest BCUT2D eigenvalue weighted by molar-refractivity contribution is -0.128. The van der Waals surface area contributed by atoms with Crippen LogP contribution in [0.15, 0.2) is 12.2 Å². The molecule has 0 atom stereocenters. The molecule has 2 heteroatoms. The highest BCUT2D eigenvalue weighted by Gasteiger charge is 1.88. The Balaban J connectivity index is 2.99. The molecule has 0 aromatic heterocycles. The number of hydrogen-bond acceptors (Lipinski definition) is 2. The van der Waals surface area contributed by atoms with Crippen LogP contribution < -0.4 is 0 Å². The van der Waals surface area contributed by atoms with E-state index in [0.717, 1.165) is 12.8 Å². The topological polar surface area (TPSA) is 26.3 Å². The third-order valence-electron chi connectivity index (χ3n) is 2.36. The first kappa shape index (κ1) is 14.2. The zero-order valence-electron chi connectivity index (χ0n) is 9.91. The minimum Gasteiger partial charge on any atom is -0.468 e. The van der Waals surface area contributed by atoms with Crippen molar-refractivity contribution < 1.29 is 9.53 Å². The molecule has 0 bridgehead atoms. The monoisotopic (exact) mass is 212 g/mol. The smallest absolute Gasteiger partial charge is 0.293 e. The molecule has 0 N–H and O–H groups in total. The van der Waals surface area contributed by atoms with E-state index in [9.17, 15) is 4.79 Å². The Morgan fingerprint density at radius 1 is 0.933 bits per heavy atom. The molecule has 0 amide bonds. The number of ether oxygens (including phenoxy) is 1. The van der Waals surface area contributed by atoms with Gasteiger partial charge in [0.2, 0.25) is 0 Å². The molecule has 0 fully saturated rings. The number of rotatable bonds is 11. The quantitative estimate of drug-likeness (QED) is 0.295. The highest BCUT2D eigenvalue weighted by Crippen LogP contribution is 2.07. The van der Waals surface area contributed by atoms with Gasteiger partial charge >= 0.3 is 0 Å². The molecule has 0 aromatic rings. The van der Waals surface area contributed by atoms with Gasteiger partial charge in [0.05, 0.1) is 6.61 Å². The summed E-state index contributed by atoms with van der Waals surface area (Å²) < 4.78 is 4.57. The third-order valence-corrected chi connectivity index (χ3v) is 2.36. The summed E-state index contributed by atoms with van der Waals surface area (Å²) in [6.45, 7) is 3.25. The zero-order valence-corrected chi connectivity index (χ0v) is 9.91. The summed E-state index contributed by atoms with van der Waals surface area (Å²) in [5.74, 6) is 0. The van der Waals surface area contributed by atoms with Crippen molar-refractivity contribution in [2.75, 3.05) is 6.61 Å². The maximum atomic E-state index is 9.82. The zero-order chi connectivity index (χ0) is 11.2. The number of carbonyl (C=O) groups excluding carboxylic acids is 1. The molecule has 15 heavy (non-hydrogen) atoms. The maximum Gasteiger partial charge on any atom is 0.293 e. The van der Waals surface area contributed by atoms with Crippen molar-refractivity contribution in [3.8, 4) is 0 Å². The van der Waals surface area contributed by atoms with E-state index in [1.54, 1.807) is 0 Å². The normalized spacial score (nSPS) is 10.7. The average Bonchev–Trinajstić information content (AvgIpc) is 2.26. The predicted molar refractivity (Wildman–Crippen MR) is 63.8 cm³/mol. The van der Waals surface area contributed by atoms with Crippen molar-refractivity contribution in [3.05, 3.63) is 12.2 Å². The molecule has 0 spiro atoms. The Morgan fingerprint density at radius 2 is 1.60 bits per heavy atom. The largest absolute Gasteiger partial charge is 0.468 e. The van der Waals surface area contributed by atoms with E-state index < -0.39 is 0 Å². The van der Waals surface area contributed by atoms with Crippen LogP contribution in [0.5, 0.6) is 0 Å². The molecule has 2 nitrogen and oxygen atoms in total. The van der Waals surface area contributed by atoms with Gasteiger partial charge in [-0.25, -0.2) is 0 Å². The van der Waals surface area contributed by atoms with Crippen LogP contribution in [-0.2, 0) is 9.53 Å². The Bertz CT molecular complexity index is 153. The fourth-order valence-corrected chi connectivity index (χ4v) is 1.46. The van der Waals surface area contributed by atoms with Gasteiger partial charge in [0.15, 0.2) is 0 Å². The van der Waals surface area contributed by atoms with E-state index in [2.05, 4.69) is 23.8 Å². The summed E-state index contributed by atoms with van der Waals surface area (Å²) in [6, 6.07) is 0. The second-order valence-corrected chi connectivity index (χ2v) is 3.78. The number of unbranched alkanes of at least 4 members (excludes halogenated alkanes) is 6. The summed E-state index contributed by atoms with van der Waals surface area (Å²) in [4.78, 5) is 9.82. The minimum absolute atomic E-state index is 0.502. The lowest BCUT2D eigenvalue weighted by Gasteiger charge is -1.97. The van der Waals surface area contributed by atoms with E-state index in [4.69, 9.17) is 0 Å². The molecule has 0 saturated carbocycles. The Labute approximate surface area is 93.7 Å². The molecule has 0 unspecified atom stereocenters. The molecule has 0 radical (unpaired) electrons. The fraction of sp³-hybridized carbons (Fsp3) is 0.769. The second kappa shape index (κ2) is 13.2. The van der Waals surface area contributed by atoms with Gasteiger partial charge in [-0.15, -0.1) is 0 Å². The Kier molecular flexibility index (Phi) is 12.5. The second-order valence-electron chi connectivity index (χ2n) is 3.78. The molecule has 88 valence electrons. The van der Waals surface area contributed by atoms with Crippen LogP contribution in [0.3, 0.4) is 0 Å². The van der Waals surface area contributed by atoms with Gasteiger partial charge in [-0.05, 0) is 19.3 Å². The lowest BCUT2D eigenvalue weighted by atomic mass is 10.1. The van der Waals surface area contributed by atoms with Gasteiger partial charge in [-0.1, -0.05) is 51.2 Å². The van der Waals surface area contributed by atoms with E-state index in [1.165, 1.54) is 38.5 Å². The molecule has 0 aliphatic carbocycles. The fourth-order valence-electron chi connectivity index (χ4n) is 1.46. The van der Waals surface area contributed by atoms with Crippen molar-refractivity contribution in [2.24, 2.45) is 0 Å². The van der Waals surface area contributed by atoms with Crippen molar-refractivity contribution in [1.29, 1.82) is 0 Å². The van der Waals surface area contributed by atoms with E-state index >= 15 is 0 Å². The minimum atomic E-state index is 0.502. The number of allylic oxidation sites excluding steroid dienone is 1. The summed E-state index contributed by atoms with van der Waals surface area (Å²) in [5, 5.41) is 0. The summed E-state index contributed by atoms with van der Waals surface area (Å²) in [5.41, 5.74) is 0. The SMILES string of the molecule is CCCCCCCCC=CCCOC=O. The average molecular weight is 212 g/mol. The molecule has 0 rings (SSSR count). The van der Waals surface area contributed by atoms with Crippen LogP contribution in [-0.4, -0.2) is 13.1 Å². The maximum absolute atomic E-state index is 9.82. The van der Waals surface area contributed by atoms with Crippen LogP contribution in [0.4, 0.5) is 0 Å². The van der Waals surface area contributed by atoms with Gasteiger partial charge in [0.1, 0.15) is 0 Å². The Hall–Kier alpha value is -0.790. The number of carbonyl (C=O) groups is 1. The first-order valence-corrected chi connectivity index (χ1v) is 6.12. The summed E-state index contributed by atoms with van der Waals surface area (Å²) in [7, 11) is 0. The molecule has 0 heterocycles. The van der Waals surface area contributed by atoms with Gasteiger partial charge in [0.25, 0.3) is 6.47 Å². The van der Waals surface area contributed by atoms with E-state index in [-0.39, 0.29) is 0 Å². The van der Waals surface area contributed by atoms with Crippen LogP contribution in [0.25, 0.3) is 0 Å². The van der Waals surface area contributed by atoms with Crippen molar-refractivity contribution in [2.45, 2.75) is 58.3 Å². The van der Waals surface area contributed by atoms with Gasteiger partial charge < -0.3 is 4.74 Å². The molecular weight excluding hydrogens is 188 g/mol. The van der Waals surface area contributed by atoms with Crippen molar-refractivity contribution in [3.63, 3.8) is 0 Å². The number of hydrogen-bond donors (Lipinski definition) is 0.